The Morgan fingerprint density at radius 2 is 1.52 bits per heavy atom. The van der Waals surface area contributed by atoms with Gasteiger partial charge in [-0.3, -0.25) is 14.5 Å². The van der Waals surface area contributed by atoms with Gasteiger partial charge in [0, 0.05) is 6.54 Å². The third kappa shape index (κ3) is 5.19. The minimum Gasteiger partial charge on any atom is -0.368 e. The van der Waals surface area contributed by atoms with E-state index in [1.54, 1.807) is 0 Å². The fourth-order valence-corrected chi connectivity index (χ4v) is 4.24. The van der Waals surface area contributed by atoms with E-state index < -0.39 is 11.9 Å². The number of nitrogens with zero attached hydrogens (tertiary/aromatic N) is 1. The minimum absolute atomic E-state index is 0.115. The number of rotatable bonds is 7. The molecule has 1 aliphatic rings. The van der Waals surface area contributed by atoms with Crippen LogP contribution in [-0.2, 0) is 29.0 Å². The Bertz CT molecular complexity index is 1040. The van der Waals surface area contributed by atoms with Crippen LogP contribution in [0.5, 0.6) is 0 Å². The number of nitrogens with two attached hydrogens (primary N) is 1. The van der Waals surface area contributed by atoms with Crippen LogP contribution in [0.25, 0.3) is 0 Å². The maximum Gasteiger partial charge on any atom is 0.235 e. The average Bonchev–Trinajstić information content (AvgIpc) is 2.79. The average molecular weight is 414 g/mol. The number of carbonyl (C=O) groups is 2. The number of carbonyl (C=O) groups excluding carboxylic acids is 2. The molecule has 0 spiro atoms. The quantitative estimate of drug-likeness (QED) is 0.625. The standard InChI is InChI=1S/C26H27N3O2/c27-26(31)24-16-21-13-7-8-14-22(21)17-29(24)18-25(30)28-23(20-11-5-2-6-12-20)15-19-9-3-1-4-10-19/h1-14,23-24H,15-18H2,(H2,27,31)(H,28,30)/t23?,24-/m0/s1. The minimum atomic E-state index is -0.482. The molecular weight excluding hydrogens is 386 g/mol. The molecule has 31 heavy (non-hydrogen) atoms. The van der Waals surface area contributed by atoms with E-state index >= 15 is 0 Å². The van der Waals surface area contributed by atoms with Crippen molar-refractivity contribution < 1.29 is 9.59 Å². The highest BCUT2D eigenvalue weighted by Crippen LogP contribution is 2.23. The highest BCUT2D eigenvalue weighted by atomic mass is 16.2. The van der Waals surface area contributed by atoms with Gasteiger partial charge in [0.05, 0.1) is 18.6 Å². The van der Waals surface area contributed by atoms with Gasteiger partial charge in [0.15, 0.2) is 0 Å². The zero-order valence-corrected chi connectivity index (χ0v) is 17.4. The lowest BCUT2D eigenvalue weighted by atomic mass is 9.93. The molecule has 0 fully saturated rings. The lowest BCUT2D eigenvalue weighted by molar-refractivity contribution is -0.128. The molecule has 158 valence electrons. The van der Waals surface area contributed by atoms with Crippen molar-refractivity contribution in [2.45, 2.75) is 31.5 Å². The van der Waals surface area contributed by atoms with Crippen molar-refractivity contribution in [1.82, 2.24) is 10.2 Å². The first-order valence-electron chi connectivity index (χ1n) is 10.6. The summed E-state index contributed by atoms with van der Waals surface area (Å²) in [6, 6.07) is 27.5. The molecule has 0 saturated carbocycles. The largest absolute Gasteiger partial charge is 0.368 e. The Kier molecular flexibility index (Phi) is 6.43. The topological polar surface area (TPSA) is 75.4 Å². The molecule has 3 aromatic carbocycles. The summed E-state index contributed by atoms with van der Waals surface area (Å²) >= 11 is 0. The van der Waals surface area contributed by atoms with Crippen LogP contribution >= 0.6 is 0 Å². The van der Waals surface area contributed by atoms with Crippen molar-refractivity contribution in [1.29, 1.82) is 0 Å². The molecule has 5 nitrogen and oxygen atoms in total. The van der Waals surface area contributed by atoms with Crippen LogP contribution in [0.3, 0.4) is 0 Å². The Morgan fingerprint density at radius 1 is 0.903 bits per heavy atom. The number of amides is 2. The van der Waals surface area contributed by atoms with Crippen LogP contribution in [0.1, 0.15) is 28.3 Å². The number of hydrogen-bond donors (Lipinski definition) is 2. The van der Waals surface area contributed by atoms with Gasteiger partial charge in [-0.15, -0.1) is 0 Å². The fourth-order valence-electron chi connectivity index (χ4n) is 4.24. The predicted octanol–water partition coefficient (Wildman–Crippen LogP) is 3.00. The molecule has 1 aliphatic heterocycles. The number of benzene rings is 3. The Labute approximate surface area is 182 Å². The number of hydrogen-bond acceptors (Lipinski definition) is 3. The molecule has 0 bridgehead atoms. The first-order chi connectivity index (χ1) is 15.1. The smallest absolute Gasteiger partial charge is 0.235 e. The first kappa shape index (κ1) is 20.8. The molecule has 1 unspecified atom stereocenters. The van der Waals surface area contributed by atoms with Gasteiger partial charge in [0.2, 0.25) is 11.8 Å². The summed E-state index contributed by atoms with van der Waals surface area (Å²) in [6.07, 6.45) is 1.23. The Morgan fingerprint density at radius 3 is 2.19 bits per heavy atom. The highest BCUT2D eigenvalue weighted by Gasteiger charge is 2.31. The maximum atomic E-state index is 13.1. The summed E-state index contributed by atoms with van der Waals surface area (Å²) in [5, 5.41) is 3.18. The van der Waals surface area contributed by atoms with Crippen LogP contribution in [-0.4, -0.2) is 29.3 Å². The van der Waals surface area contributed by atoms with Crippen molar-refractivity contribution in [2.75, 3.05) is 6.54 Å². The van der Waals surface area contributed by atoms with E-state index in [0.717, 1.165) is 22.3 Å². The summed E-state index contributed by atoms with van der Waals surface area (Å²) in [4.78, 5) is 27.0. The molecule has 3 aromatic rings. The number of nitrogens with one attached hydrogen (secondary N) is 1. The molecule has 0 saturated heterocycles. The van der Waals surface area contributed by atoms with Gasteiger partial charge in [-0.25, -0.2) is 0 Å². The molecule has 0 aliphatic carbocycles. The second-order valence-electron chi connectivity index (χ2n) is 8.02. The van der Waals surface area contributed by atoms with Crippen LogP contribution in [0.15, 0.2) is 84.9 Å². The van der Waals surface area contributed by atoms with E-state index in [0.29, 0.717) is 19.4 Å². The van der Waals surface area contributed by atoms with E-state index in [-0.39, 0.29) is 18.5 Å². The molecule has 4 rings (SSSR count). The molecule has 3 N–H and O–H groups in total. The van der Waals surface area contributed by atoms with Crippen LogP contribution in [0, 0.1) is 0 Å². The zero-order chi connectivity index (χ0) is 21.6. The third-order valence-electron chi connectivity index (χ3n) is 5.84. The molecular formula is C26H27N3O2. The first-order valence-corrected chi connectivity index (χ1v) is 10.6. The van der Waals surface area contributed by atoms with E-state index in [2.05, 4.69) is 17.4 Å². The van der Waals surface area contributed by atoms with Gasteiger partial charge < -0.3 is 11.1 Å². The van der Waals surface area contributed by atoms with Crippen molar-refractivity contribution in [3.8, 4) is 0 Å². The third-order valence-corrected chi connectivity index (χ3v) is 5.84. The van der Waals surface area contributed by atoms with Crippen molar-refractivity contribution in [3.63, 3.8) is 0 Å². The molecule has 0 radical (unpaired) electrons. The summed E-state index contributed by atoms with van der Waals surface area (Å²) in [6.45, 7) is 0.659. The van der Waals surface area contributed by atoms with Crippen LogP contribution in [0.4, 0.5) is 0 Å². The number of primary amides is 1. The van der Waals surface area contributed by atoms with Gasteiger partial charge in [-0.2, -0.15) is 0 Å². The summed E-state index contributed by atoms with van der Waals surface area (Å²) in [5.74, 6) is -0.512. The molecule has 2 atom stereocenters. The summed E-state index contributed by atoms with van der Waals surface area (Å²) in [7, 11) is 0. The summed E-state index contributed by atoms with van der Waals surface area (Å²) in [5.41, 5.74) is 10.1. The van der Waals surface area contributed by atoms with Crippen molar-refractivity contribution in [2.24, 2.45) is 5.73 Å². The summed E-state index contributed by atoms with van der Waals surface area (Å²) < 4.78 is 0. The predicted molar refractivity (Wildman–Crippen MR) is 121 cm³/mol. The molecule has 2 amide bonds. The monoisotopic (exact) mass is 413 g/mol. The van der Waals surface area contributed by atoms with Gasteiger partial charge in [-0.05, 0) is 35.1 Å². The van der Waals surface area contributed by atoms with Crippen molar-refractivity contribution in [3.05, 3.63) is 107 Å². The van der Waals surface area contributed by atoms with Crippen LogP contribution < -0.4 is 11.1 Å². The van der Waals surface area contributed by atoms with Gasteiger partial charge in [-0.1, -0.05) is 84.9 Å². The maximum absolute atomic E-state index is 13.1. The van der Waals surface area contributed by atoms with Crippen LogP contribution in [0.2, 0.25) is 0 Å². The lowest BCUT2D eigenvalue weighted by Gasteiger charge is -2.35. The van der Waals surface area contributed by atoms with Gasteiger partial charge in [0.25, 0.3) is 0 Å². The van der Waals surface area contributed by atoms with E-state index in [4.69, 9.17) is 5.73 Å². The molecule has 1 heterocycles. The van der Waals surface area contributed by atoms with E-state index in [9.17, 15) is 9.59 Å². The normalized spacial score (nSPS) is 16.8. The highest BCUT2D eigenvalue weighted by molar-refractivity contribution is 5.83. The van der Waals surface area contributed by atoms with Gasteiger partial charge in [0.1, 0.15) is 0 Å². The number of fused-ring (bicyclic) bond motifs is 1. The zero-order valence-electron chi connectivity index (χ0n) is 17.4. The van der Waals surface area contributed by atoms with E-state index in [1.807, 2.05) is 77.7 Å². The van der Waals surface area contributed by atoms with E-state index in [1.165, 1.54) is 0 Å². The van der Waals surface area contributed by atoms with Crippen molar-refractivity contribution >= 4 is 11.8 Å². The Hall–Kier alpha value is -3.44. The molecule has 5 heteroatoms. The second-order valence-corrected chi connectivity index (χ2v) is 8.02. The lowest BCUT2D eigenvalue weighted by Crippen LogP contribution is -2.52. The fraction of sp³-hybridized carbons (Fsp3) is 0.231. The SMILES string of the molecule is NC(=O)[C@@H]1Cc2ccccc2CN1CC(=O)NC(Cc1ccccc1)c1ccccc1. The molecule has 0 aromatic heterocycles. The van der Waals surface area contributed by atoms with Gasteiger partial charge >= 0.3 is 0 Å². The second kappa shape index (κ2) is 9.58. The Balaban J connectivity index is 1.50.